The van der Waals surface area contributed by atoms with Gasteiger partial charge in [0.05, 0.1) is 11.1 Å². The predicted octanol–water partition coefficient (Wildman–Crippen LogP) is 1.41. The Morgan fingerprint density at radius 3 is 2.05 bits per heavy atom. The van der Waals surface area contributed by atoms with Gasteiger partial charge in [0, 0.05) is 6.54 Å². The van der Waals surface area contributed by atoms with E-state index in [1.165, 1.54) is 4.90 Å². The van der Waals surface area contributed by atoms with E-state index in [1.54, 1.807) is 6.07 Å². The van der Waals surface area contributed by atoms with Gasteiger partial charge in [-0.3, -0.25) is 24.1 Å². The van der Waals surface area contributed by atoms with Crippen LogP contribution in [0.25, 0.3) is 0 Å². The molecule has 2 rings (SSSR count). The summed E-state index contributed by atoms with van der Waals surface area (Å²) in [7, 11) is 0. The highest BCUT2D eigenvalue weighted by atomic mass is 16.4. The Hall–Kier alpha value is -2.70. The number of imide groups is 1. The highest BCUT2D eigenvalue weighted by Gasteiger charge is 2.35. The summed E-state index contributed by atoms with van der Waals surface area (Å²) in [5, 5.41) is 15.4. The number of aryl methyl sites for hydroxylation is 1. The van der Waals surface area contributed by atoms with Crippen molar-refractivity contribution in [2.75, 3.05) is 6.54 Å². The van der Waals surface area contributed by atoms with Crippen LogP contribution in [0.2, 0.25) is 0 Å². The molecule has 1 heterocycles. The number of amides is 2. The molecule has 2 amide bonds. The third-order valence-corrected chi connectivity index (χ3v) is 3.08. The number of carboxylic acids is 2. The van der Waals surface area contributed by atoms with E-state index in [0.717, 1.165) is 12.0 Å². The second kappa shape index (κ2) is 7.35. The first-order valence-electron chi connectivity index (χ1n) is 6.75. The quantitative estimate of drug-likeness (QED) is 0.642. The van der Waals surface area contributed by atoms with Crippen molar-refractivity contribution in [1.82, 2.24) is 4.90 Å². The van der Waals surface area contributed by atoms with Gasteiger partial charge in [-0.05, 0) is 25.0 Å². The summed E-state index contributed by atoms with van der Waals surface area (Å²) in [5.74, 6) is -2.93. The molecule has 2 N–H and O–H groups in total. The third kappa shape index (κ3) is 3.69. The van der Waals surface area contributed by atoms with Crippen LogP contribution in [0.5, 0.6) is 0 Å². The largest absolute Gasteiger partial charge is 0.481 e. The van der Waals surface area contributed by atoms with Crippen molar-refractivity contribution in [2.24, 2.45) is 0 Å². The molecule has 0 unspecified atom stereocenters. The molecule has 7 heteroatoms. The topological polar surface area (TPSA) is 112 Å². The monoisotopic (exact) mass is 307 g/mol. The van der Waals surface area contributed by atoms with Gasteiger partial charge in [0.25, 0.3) is 11.8 Å². The van der Waals surface area contributed by atoms with E-state index >= 15 is 0 Å². The Bertz CT molecular complexity index is 610. The van der Waals surface area contributed by atoms with Crippen molar-refractivity contribution in [2.45, 2.75) is 26.7 Å². The number of carbonyl (C=O) groups excluding carboxylic acids is 2. The van der Waals surface area contributed by atoms with Crippen LogP contribution in [0, 0.1) is 0 Å². The SMILES string of the molecule is CCc1cccc2c1C(=O)N(CC)C2=O.O=C(O)CC(=O)O. The Labute approximate surface area is 127 Å². The summed E-state index contributed by atoms with van der Waals surface area (Å²) >= 11 is 0. The minimum atomic E-state index is -1.31. The lowest BCUT2D eigenvalue weighted by Crippen LogP contribution is -2.29. The van der Waals surface area contributed by atoms with Crippen LogP contribution in [0.1, 0.15) is 46.5 Å². The average Bonchev–Trinajstić information content (AvgIpc) is 2.69. The Kier molecular flexibility index (Phi) is 5.80. The highest BCUT2D eigenvalue weighted by molar-refractivity contribution is 6.22. The fraction of sp³-hybridized carbons (Fsp3) is 0.333. The molecule has 7 nitrogen and oxygen atoms in total. The maximum absolute atomic E-state index is 11.9. The van der Waals surface area contributed by atoms with Gasteiger partial charge in [-0.25, -0.2) is 0 Å². The minimum Gasteiger partial charge on any atom is -0.481 e. The van der Waals surface area contributed by atoms with E-state index in [4.69, 9.17) is 10.2 Å². The maximum Gasteiger partial charge on any atom is 0.314 e. The number of rotatable bonds is 4. The van der Waals surface area contributed by atoms with E-state index in [1.807, 2.05) is 26.0 Å². The number of carbonyl (C=O) groups is 4. The summed E-state index contributed by atoms with van der Waals surface area (Å²) in [6.45, 7) is 4.24. The molecule has 0 fully saturated rings. The maximum atomic E-state index is 11.9. The van der Waals surface area contributed by atoms with Crippen LogP contribution in [0.3, 0.4) is 0 Å². The number of benzene rings is 1. The van der Waals surface area contributed by atoms with Crippen molar-refractivity contribution in [3.05, 3.63) is 34.9 Å². The van der Waals surface area contributed by atoms with Crippen LogP contribution in [-0.2, 0) is 16.0 Å². The Morgan fingerprint density at radius 1 is 1.05 bits per heavy atom. The molecule has 1 aliphatic heterocycles. The molecule has 0 aliphatic carbocycles. The fourth-order valence-electron chi connectivity index (χ4n) is 2.11. The van der Waals surface area contributed by atoms with E-state index in [-0.39, 0.29) is 11.8 Å². The number of hydrogen-bond donors (Lipinski definition) is 2. The van der Waals surface area contributed by atoms with Crippen molar-refractivity contribution >= 4 is 23.8 Å². The van der Waals surface area contributed by atoms with E-state index < -0.39 is 18.4 Å². The zero-order valence-electron chi connectivity index (χ0n) is 12.3. The van der Waals surface area contributed by atoms with Crippen LogP contribution in [0.15, 0.2) is 18.2 Å². The van der Waals surface area contributed by atoms with Crippen molar-refractivity contribution in [3.63, 3.8) is 0 Å². The second-order valence-electron chi connectivity index (χ2n) is 4.51. The lowest BCUT2D eigenvalue weighted by Gasteiger charge is -2.09. The van der Waals surface area contributed by atoms with Gasteiger partial charge in [-0.15, -0.1) is 0 Å². The molecule has 0 aromatic heterocycles. The van der Waals surface area contributed by atoms with Crippen LogP contribution >= 0.6 is 0 Å². The minimum absolute atomic E-state index is 0.144. The molecule has 22 heavy (non-hydrogen) atoms. The van der Waals surface area contributed by atoms with Gasteiger partial charge >= 0.3 is 11.9 Å². The number of fused-ring (bicyclic) bond motifs is 1. The summed E-state index contributed by atoms with van der Waals surface area (Å²) in [6, 6.07) is 5.47. The van der Waals surface area contributed by atoms with Crippen LogP contribution in [-0.4, -0.2) is 45.4 Å². The van der Waals surface area contributed by atoms with Gasteiger partial charge < -0.3 is 10.2 Å². The fourth-order valence-corrected chi connectivity index (χ4v) is 2.11. The van der Waals surface area contributed by atoms with Gasteiger partial charge in [-0.1, -0.05) is 19.1 Å². The highest BCUT2D eigenvalue weighted by Crippen LogP contribution is 2.25. The second-order valence-corrected chi connectivity index (χ2v) is 4.51. The van der Waals surface area contributed by atoms with E-state index in [0.29, 0.717) is 17.7 Å². The van der Waals surface area contributed by atoms with Crippen molar-refractivity contribution < 1.29 is 29.4 Å². The first kappa shape index (κ1) is 17.4. The number of hydrogen-bond acceptors (Lipinski definition) is 4. The normalized spacial score (nSPS) is 12.5. The van der Waals surface area contributed by atoms with E-state index in [2.05, 4.69) is 0 Å². The number of carboxylic acid groups (broad SMARTS) is 2. The third-order valence-electron chi connectivity index (χ3n) is 3.08. The number of nitrogens with zero attached hydrogens (tertiary/aromatic N) is 1. The molecule has 0 radical (unpaired) electrons. The predicted molar refractivity (Wildman–Crippen MR) is 76.7 cm³/mol. The Balaban J connectivity index is 0.000000295. The molecular weight excluding hydrogens is 290 g/mol. The van der Waals surface area contributed by atoms with Crippen LogP contribution < -0.4 is 0 Å². The summed E-state index contributed by atoms with van der Waals surface area (Å²) in [5.41, 5.74) is 2.12. The molecule has 1 aliphatic rings. The lowest BCUT2D eigenvalue weighted by atomic mass is 10.0. The first-order valence-corrected chi connectivity index (χ1v) is 6.75. The molecule has 0 atom stereocenters. The smallest absolute Gasteiger partial charge is 0.314 e. The van der Waals surface area contributed by atoms with Gasteiger partial charge in [0.1, 0.15) is 6.42 Å². The summed E-state index contributed by atoms with van der Waals surface area (Å²) < 4.78 is 0. The lowest BCUT2D eigenvalue weighted by molar-refractivity contribution is -0.147. The van der Waals surface area contributed by atoms with Crippen LogP contribution in [0.4, 0.5) is 0 Å². The summed E-state index contributed by atoms with van der Waals surface area (Å²) in [6.07, 6.45) is -0.0280. The zero-order valence-corrected chi connectivity index (χ0v) is 12.3. The molecule has 1 aromatic carbocycles. The molecular formula is C15H17NO6. The standard InChI is InChI=1S/C12H13NO2.C3H4O4/c1-3-8-6-5-7-9-10(8)12(15)13(4-2)11(9)14;4-2(5)1-3(6)7/h5-7H,3-4H2,1-2H3;1H2,(H,4,5)(H,6,7). The van der Waals surface area contributed by atoms with E-state index in [9.17, 15) is 19.2 Å². The molecule has 0 spiro atoms. The zero-order chi connectivity index (χ0) is 16.9. The molecule has 1 aromatic rings. The molecule has 118 valence electrons. The van der Waals surface area contributed by atoms with Gasteiger partial charge in [-0.2, -0.15) is 0 Å². The summed E-state index contributed by atoms with van der Waals surface area (Å²) in [4.78, 5) is 43.9. The molecule has 0 bridgehead atoms. The Morgan fingerprint density at radius 2 is 1.64 bits per heavy atom. The van der Waals surface area contributed by atoms with Crippen molar-refractivity contribution in [1.29, 1.82) is 0 Å². The number of aliphatic carboxylic acids is 2. The van der Waals surface area contributed by atoms with Gasteiger partial charge in [0.15, 0.2) is 0 Å². The average molecular weight is 307 g/mol. The first-order chi connectivity index (χ1) is 10.3. The van der Waals surface area contributed by atoms with Gasteiger partial charge in [0.2, 0.25) is 0 Å². The van der Waals surface area contributed by atoms with Crippen molar-refractivity contribution in [3.8, 4) is 0 Å². The molecule has 0 saturated carbocycles. The molecule has 0 saturated heterocycles.